The van der Waals surface area contributed by atoms with Crippen molar-refractivity contribution in [3.8, 4) is 5.75 Å². The highest BCUT2D eigenvalue weighted by atomic mass is 35.5. The number of amides is 1. The van der Waals surface area contributed by atoms with Crippen LogP contribution in [0.4, 0.5) is 0 Å². The highest BCUT2D eigenvalue weighted by Crippen LogP contribution is 2.37. The predicted octanol–water partition coefficient (Wildman–Crippen LogP) is 3.50. The molecule has 0 bridgehead atoms. The summed E-state index contributed by atoms with van der Waals surface area (Å²) in [4.78, 5) is 14.8. The summed E-state index contributed by atoms with van der Waals surface area (Å²) in [6, 6.07) is 6.49. The molecule has 1 amide bonds. The lowest BCUT2D eigenvalue weighted by Crippen LogP contribution is -2.40. The van der Waals surface area contributed by atoms with Crippen molar-refractivity contribution in [3.05, 3.63) is 29.3 Å². The zero-order valence-electron chi connectivity index (χ0n) is 15.7. The molecule has 5 heteroatoms. The maximum atomic E-state index is 12.8. The summed E-state index contributed by atoms with van der Waals surface area (Å²) in [6.45, 7) is 9.84. The molecular formula is C20H31ClN2O2. The van der Waals surface area contributed by atoms with Gasteiger partial charge < -0.3 is 15.4 Å². The third kappa shape index (κ3) is 4.12. The average Bonchev–Trinajstić information content (AvgIpc) is 3.08. The number of aryl methyl sites for hydroxylation is 1. The van der Waals surface area contributed by atoms with Gasteiger partial charge in [0, 0.05) is 19.1 Å². The van der Waals surface area contributed by atoms with Crippen LogP contribution in [0.15, 0.2) is 18.2 Å². The van der Waals surface area contributed by atoms with Crippen LogP contribution in [0.5, 0.6) is 5.75 Å². The first-order valence-corrected chi connectivity index (χ1v) is 9.18. The first-order valence-electron chi connectivity index (χ1n) is 9.18. The minimum Gasteiger partial charge on any atom is -0.481 e. The lowest BCUT2D eigenvalue weighted by atomic mass is 9.98. The molecule has 1 aromatic rings. The Bertz CT molecular complexity index is 620. The maximum absolute atomic E-state index is 12.8. The molecule has 4 atom stereocenters. The van der Waals surface area contributed by atoms with E-state index in [1.807, 2.05) is 24.8 Å². The molecule has 1 aromatic carbocycles. The predicted molar refractivity (Wildman–Crippen MR) is 103 cm³/mol. The first-order chi connectivity index (χ1) is 11.4. The molecule has 1 heterocycles. The van der Waals surface area contributed by atoms with E-state index in [2.05, 4.69) is 26.0 Å². The van der Waals surface area contributed by atoms with Crippen LogP contribution >= 0.6 is 12.4 Å². The lowest BCUT2D eigenvalue weighted by Gasteiger charge is -2.24. The Kier molecular flexibility index (Phi) is 6.39. The molecule has 0 radical (unpaired) electrons. The summed E-state index contributed by atoms with van der Waals surface area (Å²) in [5.41, 5.74) is 8.48. The zero-order valence-corrected chi connectivity index (χ0v) is 16.5. The summed E-state index contributed by atoms with van der Waals surface area (Å²) < 4.78 is 6.09. The van der Waals surface area contributed by atoms with Crippen LogP contribution in [-0.4, -0.2) is 36.0 Å². The first kappa shape index (κ1) is 20.1. The van der Waals surface area contributed by atoms with E-state index in [1.165, 1.54) is 0 Å². The summed E-state index contributed by atoms with van der Waals surface area (Å²) in [6.07, 6.45) is 1.80. The molecule has 4 nitrogen and oxygen atoms in total. The molecule has 3 rings (SSSR count). The van der Waals surface area contributed by atoms with Gasteiger partial charge in [-0.15, -0.1) is 12.4 Å². The van der Waals surface area contributed by atoms with Crippen molar-refractivity contribution < 1.29 is 9.53 Å². The topological polar surface area (TPSA) is 55.6 Å². The van der Waals surface area contributed by atoms with Gasteiger partial charge in [-0.05, 0) is 61.6 Å². The molecule has 1 aliphatic carbocycles. The quantitative estimate of drug-likeness (QED) is 0.887. The number of carbonyl (C=O) groups is 1. The van der Waals surface area contributed by atoms with Crippen LogP contribution < -0.4 is 10.5 Å². The van der Waals surface area contributed by atoms with E-state index >= 15 is 0 Å². The van der Waals surface area contributed by atoms with Crippen molar-refractivity contribution in [2.45, 2.75) is 58.6 Å². The van der Waals surface area contributed by atoms with Crippen LogP contribution in [-0.2, 0) is 4.79 Å². The van der Waals surface area contributed by atoms with E-state index in [1.54, 1.807) is 0 Å². The summed E-state index contributed by atoms with van der Waals surface area (Å²) in [5.74, 6) is 2.36. The Hall–Kier alpha value is -1.26. The van der Waals surface area contributed by atoms with E-state index < -0.39 is 6.10 Å². The molecule has 2 aliphatic rings. The van der Waals surface area contributed by atoms with E-state index in [-0.39, 0.29) is 24.4 Å². The summed E-state index contributed by atoms with van der Waals surface area (Å²) >= 11 is 0. The monoisotopic (exact) mass is 366 g/mol. The zero-order chi connectivity index (χ0) is 17.4. The van der Waals surface area contributed by atoms with Crippen LogP contribution in [0.25, 0.3) is 0 Å². The van der Waals surface area contributed by atoms with Gasteiger partial charge in [-0.2, -0.15) is 0 Å². The molecule has 2 fully saturated rings. The van der Waals surface area contributed by atoms with Crippen molar-refractivity contribution >= 4 is 18.3 Å². The fourth-order valence-electron chi connectivity index (χ4n) is 4.21. The molecule has 1 aliphatic heterocycles. The number of carbonyl (C=O) groups excluding carboxylic acids is 1. The van der Waals surface area contributed by atoms with Crippen molar-refractivity contribution in [2.24, 2.45) is 17.6 Å². The van der Waals surface area contributed by atoms with Crippen LogP contribution in [0.2, 0.25) is 0 Å². The van der Waals surface area contributed by atoms with E-state index in [0.29, 0.717) is 17.8 Å². The number of benzene rings is 1. The molecule has 4 unspecified atom stereocenters. The highest BCUT2D eigenvalue weighted by molar-refractivity contribution is 5.85. The van der Waals surface area contributed by atoms with Gasteiger partial charge in [0.15, 0.2) is 6.10 Å². The van der Waals surface area contributed by atoms with Gasteiger partial charge in [0.2, 0.25) is 0 Å². The Balaban J connectivity index is 0.00000225. The van der Waals surface area contributed by atoms with Gasteiger partial charge >= 0.3 is 0 Å². The normalized spacial score (nSPS) is 26.3. The molecule has 0 spiro atoms. The van der Waals surface area contributed by atoms with Crippen molar-refractivity contribution in [3.63, 3.8) is 0 Å². The SMILES string of the molecule is Cc1ccc(C(C)C)c(OC(C)C(=O)N2CC3CCC(N)C3C2)c1.Cl. The summed E-state index contributed by atoms with van der Waals surface area (Å²) in [5, 5.41) is 0. The largest absolute Gasteiger partial charge is 0.481 e. The number of hydrogen-bond acceptors (Lipinski definition) is 3. The van der Waals surface area contributed by atoms with Gasteiger partial charge in [0.1, 0.15) is 5.75 Å². The number of nitrogens with zero attached hydrogens (tertiary/aromatic N) is 1. The van der Waals surface area contributed by atoms with Gasteiger partial charge in [-0.3, -0.25) is 4.79 Å². The van der Waals surface area contributed by atoms with Crippen LogP contribution in [0, 0.1) is 18.8 Å². The number of rotatable bonds is 4. The third-order valence-corrected chi connectivity index (χ3v) is 5.67. The van der Waals surface area contributed by atoms with Crippen molar-refractivity contribution in [1.29, 1.82) is 0 Å². The number of nitrogens with two attached hydrogens (primary N) is 1. The molecule has 1 saturated carbocycles. The fourth-order valence-corrected chi connectivity index (χ4v) is 4.21. The Morgan fingerprint density at radius 1 is 1.24 bits per heavy atom. The minimum atomic E-state index is -0.459. The molecule has 0 aromatic heterocycles. The fraction of sp³-hybridized carbons (Fsp3) is 0.650. The molecule has 1 saturated heterocycles. The number of halogens is 1. The maximum Gasteiger partial charge on any atom is 0.263 e. The summed E-state index contributed by atoms with van der Waals surface area (Å²) in [7, 11) is 0. The number of hydrogen-bond donors (Lipinski definition) is 1. The lowest BCUT2D eigenvalue weighted by molar-refractivity contribution is -0.137. The van der Waals surface area contributed by atoms with Gasteiger partial charge in [-0.25, -0.2) is 0 Å². The molecule has 25 heavy (non-hydrogen) atoms. The standard InChI is InChI=1S/C20H30N2O2.ClH/c1-12(2)16-7-5-13(3)9-19(16)24-14(4)20(23)22-10-15-6-8-18(21)17(15)11-22;/h5,7,9,12,14-15,17-18H,6,8,10-11,21H2,1-4H3;1H. The van der Waals surface area contributed by atoms with Crippen molar-refractivity contribution in [2.75, 3.05) is 13.1 Å². The molecule has 2 N–H and O–H groups in total. The average molecular weight is 367 g/mol. The van der Waals surface area contributed by atoms with Gasteiger partial charge in [0.25, 0.3) is 5.91 Å². The van der Waals surface area contributed by atoms with E-state index in [4.69, 9.17) is 10.5 Å². The molecular weight excluding hydrogens is 336 g/mol. The second-order valence-electron chi connectivity index (χ2n) is 7.86. The number of ether oxygens (including phenoxy) is 1. The number of likely N-dealkylation sites (tertiary alicyclic amines) is 1. The second kappa shape index (κ2) is 7.96. The van der Waals surface area contributed by atoms with E-state index in [0.717, 1.165) is 42.8 Å². The van der Waals surface area contributed by atoms with Crippen molar-refractivity contribution in [1.82, 2.24) is 4.90 Å². The molecule has 140 valence electrons. The van der Waals surface area contributed by atoms with Gasteiger partial charge in [-0.1, -0.05) is 26.0 Å². The smallest absolute Gasteiger partial charge is 0.263 e. The van der Waals surface area contributed by atoms with Crippen LogP contribution in [0.1, 0.15) is 50.7 Å². The Labute approximate surface area is 157 Å². The second-order valence-corrected chi connectivity index (χ2v) is 7.86. The number of fused-ring (bicyclic) bond motifs is 1. The minimum absolute atomic E-state index is 0. The Morgan fingerprint density at radius 3 is 2.60 bits per heavy atom. The highest BCUT2D eigenvalue weighted by Gasteiger charge is 2.43. The van der Waals surface area contributed by atoms with Crippen LogP contribution in [0.3, 0.4) is 0 Å². The Morgan fingerprint density at radius 2 is 1.96 bits per heavy atom. The van der Waals surface area contributed by atoms with E-state index in [9.17, 15) is 4.79 Å². The third-order valence-electron chi connectivity index (χ3n) is 5.67. The van der Waals surface area contributed by atoms with Gasteiger partial charge in [0.05, 0.1) is 0 Å².